The summed E-state index contributed by atoms with van der Waals surface area (Å²) in [5.74, 6) is -1.34. The van der Waals surface area contributed by atoms with Gasteiger partial charge in [-0.25, -0.2) is 4.79 Å². The lowest BCUT2D eigenvalue weighted by atomic mass is 9.83. The van der Waals surface area contributed by atoms with Crippen LogP contribution in [0, 0.1) is 5.92 Å². The number of unbranched alkanes of at least 4 members (excludes halogenated alkanes) is 1. The number of carbonyl (C=O) groups is 2. The van der Waals surface area contributed by atoms with E-state index in [1.165, 1.54) is 4.90 Å². The van der Waals surface area contributed by atoms with E-state index in [4.69, 9.17) is 0 Å². The van der Waals surface area contributed by atoms with Crippen LogP contribution in [0.25, 0.3) is 0 Å². The predicted molar refractivity (Wildman–Crippen MR) is 76.0 cm³/mol. The van der Waals surface area contributed by atoms with Crippen LogP contribution in [0.1, 0.15) is 24.8 Å². The molecule has 1 saturated heterocycles. The molecule has 1 aliphatic heterocycles. The Hall–Kier alpha value is -2.10. The SMILES string of the molecule is C=CCCCC1C(=O)N(Cc2ccccc2)C1C(=O)O. The maximum Gasteiger partial charge on any atom is 0.327 e. The molecule has 4 heteroatoms. The third kappa shape index (κ3) is 2.90. The van der Waals surface area contributed by atoms with Crippen LogP contribution >= 0.6 is 0 Å². The molecule has 0 radical (unpaired) electrons. The topological polar surface area (TPSA) is 57.6 Å². The van der Waals surface area contributed by atoms with Gasteiger partial charge in [0.05, 0.1) is 5.92 Å². The Labute approximate surface area is 118 Å². The van der Waals surface area contributed by atoms with Gasteiger partial charge in [0, 0.05) is 6.54 Å². The van der Waals surface area contributed by atoms with Gasteiger partial charge in [0.1, 0.15) is 6.04 Å². The third-order valence-corrected chi connectivity index (χ3v) is 3.69. The summed E-state index contributed by atoms with van der Waals surface area (Å²) in [4.78, 5) is 24.9. The molecule has 4 nitrogen and oxygen atoms in total. The number of carboxylic acids is 1. The largest absolute Gasteiger partial charge is 0.480 e. The molecule has 1 aliphatic rings. The minimum absolute atomic E-state index is 0.0506. The molecule has 2 unspecified atom stereocenters. The Morgan fingerprint density at radius 3 is 2.65 bits per heavy atom. The van der Waals surface area contributed by atoms with Gasteiger partial charge in [-0.1, -0.05) is 36.4 Å². The molecule has 0 aliphatic carbocycles. The van der Waals surface area contributed by atoms with Crippen LogP contribution in [0.5, 0.6) is 0 Å². The quantitative estimate of drug-likeness (QED) is 0.471. The molecule has 2 atom stereocenters. The Morgan fingerprint density at radius 1 is 1.35 bits per heavy atom. The number of aliphatic carboxylic acids is 1. The first-order chi connectivity index (χ1) is 9.65. The smallest absolute Gasteiger partial charge is 0.327 e. The summed E-state index contributed by atoms with van der Waals surface area (Å²) < 4.78 is 0. The monoisotopic (exact) mass is 273 g/mol. The van der Waals surface area contributed by atoms with Crippen LogP contribution in [0.15, 0.2) is 43.0 Å². The van der Waals surface area contributed by atoms with Gasteiger partial charge < -0.3 is 10.0 Å². The molecule has 0 spiro atoms. The zero-order valence-corrected chi connectivity index (χ0v) is 11.4. The molecule has 1 fully saturated rings. The fraction of sp³-hybridized carbons (Fsp3) is 0.375. The third-order valence-electron chi connectivity index (χ3n) is 3.69. The number of hydrogen-bond acceptors (Lipinski definition) is 2. The maximum absolute atomic E-state index is 12.1. The van der Waals surface area contributed by atoms with Crippen LogP contribution < -0.4 is 0 Å². The highest BCUT2D eigenvalue weighted by molar-refractivity contribution is 5.96. The summed E-state index contributed by atoms with van der Waals surface area (Å²) in [5, 5.41) is 9.31. The fourth-order valence-corrected chi connectivity index (χ4v) is 2.65. The highest BCUT2D eigenvalue weighted by Crippen LogP contribution is 2.32. The molecule has 0 aromatic heterocycles. The number of nitrogens with zero attached hydrogens (tertiary/aromatic N) is 1. The average Bonchev–Trinajstić information content (AvgIpc) is 2.45. The molecular weight excluding hydrogens is 254 g/mol. The number of β-lactam (4-membered cyclic amide) rings is 1. The van der Waals surface area contributed by atoms with E-state index in [-0.39, 0.29) is 11.8 Å². The maximum atomic E-state index is 12.1. The minimum Gasteiger partial charge on any atom is -0.480 e. The van der Waals surface area contributed by atoms with Crippen molar-refractivity contribution in [3.8, 4) is 0 Å². The van der Waals surface area contributed by atoms with E-state index in [9.17, 15) is 14.7 Å². The van der Waals surface area contributed by atoms with Gasteiger partial charge in [-0.05, 0) is 24.8 Å². The molecule has 0 bridgehead atoms. The number of amides is 1. The fourth-order valence-electron chi connectivity index (χ4n) is 2.65. The van der Waals surface area contributed by atoms with Crippen LogP contribution in [-0.4, -0.2) is 27.9 Å². The number of carbonyl (C=O) groups excluding carboxylic acids is 1. The van der Waals surface area contributed by atoms with Crippen molar-refractivity contribution in [1.82, 2.24) is 4.90 Å². The number of allylic oxidation sites excluding steroid dienone is 1. The molecule has 2 rings (SSSR count). The second kappa shape index (κ2) is 6.37. The Balaban J connectivity index is 2.01. The summed E-state index contributed by atoms with van der Waals surface area (Å²) in [5.41, 5.74) is 0.955. The number of carboxylic acid groups (broad SMARTS) is 1. The lowest BCUT2D eigenvalue weighted by Gasteiger charge is -2.44. The number of rotatable bonds is 7. The van der Waals surface area contributed by atoms with Gasteiger partial charge in [-0.15, -0.1) is 6.58 Å². The normalized spacial score (nSPS) is 21.4. The van der Waals surface area contributed by atoms with Gasteiger partial charge in [-0.3, -0.25) is 4.79 Å². The number of likely N-dealkylation sites (tertiary alicyclic amines) is 1. The van der Waals surface area contributed by atoms with Crippen LogP contribution in [0.4, 0.5) is 0 Å². The summed E-state index contributed by atoms with van der Waals surface area (Å²) in [6, 6.07) is 8.78. The van der Waals surface area contributed by atoms with Gasteiger partial charge in [0.2, 0.25) is 5.91 Å². The van der Waals surface area contributed by atoms with E-state index < -0.39 is 12.0 Å². The molecule has 0 saturated carbocycles. The van der Waals surface area contributed by atoms with E-state index in [1.54, 1.807) is 6.08 Å². The molecule has 106 valence electrons. The highest BCUT2D eigenvalue weighted by Gasteiger charge is 2.50. The van der Waals surface area contributed by atoms with Crippen molar-refractivity contribution in [3.63, 3.8) is 0 Å². The van der Waals surface area contributed by atoms with Crippen LogP contribution in [0.2, 0.25) is 0 Å². The predicted octanol–water partition coefficient (Wildman–Crippen LogP) is 2.45. The van der Waals surface area contributed by atoms with E-state index in [0.717, 1.165) is 18.4 Å². The first-order valence-electron chi connectivity index (χ1n) is 6.83. The van der Waals surface area contributed by atoms with Crippen LogP contribution in [-0.2, 0) is 16.1 Å². The van der Waals surface area contributed by atoms with Gasteiger partial charge >= 0.3 is 5.97 Å². The second-order valence-electron chi connectivity index (χ2n) is 5.06. The van der Waals surface area contributed by atoms with Gasteiger partial charge in [0.25, 0.3) is 0 Å². The molecule has 20 heavy (non-hydrogen) atoms. The molecule has 1 aromatic rings. The molecule has 1 N–H and O–H groups in total. The molecular formula is C16H19NO3. The van der Waals surface area contributed by atoms with Crippen LogP contribution in [0.3, 0.4) is 0 Å². The van der Waals surface area contributed by atoms with Crippen molar-refractivity contribution in [2.24, 2.45) is 5.92 Å². The Morgan fingerprint density at radius 2 is 2.05 bits per heavy atom. The van der Waals surface area contributed by atoms with Crippen molar-refractivity contribution in [2.45, 2.75) is 31.8 Å². The van der Waals surface area contributed by atoms with Crippen molar-refractivity contribution in [1.29, 1.82) is 0 Å². The van der Waals surface area contributed by atoms with E-state index >= 15 is 0 Å². The van der Waals surface area contributed by atoms with E-state index in [1.807, 2.05) is 30.3 Å². The Bertz CT molecular complexity index is 498. The molecule has 1 heterocycles. The average molecular weight is 273 g/mol. The zero-order valence-electron chi connectivity index (χ0n) is 11.4. The first kappa shape index (κ1) is 14.3. The molecule has 1 aromatic carbocycles. The summed E-state index contributed by atoms with van der Waals surface area (Å²) in [6.07, 6.45) is 4.03. The summed E-state index contributed by atoms with van der Waals surface area (Å²) in [7, 11) is 0. The summed E-state index contributed by atoms with van der Waals surface area (Å²) >= 11 is 0. The lowest BCUT2D eigenvalue weighted by molar-refractivity contribution is -0.172. The van der Waals surface area contributed by atoms with Crippen molar-refractivity contribution < 1.29 is 14.7 Å². The second-order valence-corrected chi connectivity index (χ2v) is 5.06. The van der Waals surface area contributed by atoms with Crippen molar-refractivity contribution in [3.05, 3.63) is 48.6 Å². The molecule has 1 amide bonds. The van der Waals surface area contributed by atoms with Crippen molar-refractivity contribution >= 4 is 11.9 Å². The van der Waals surface area contributed by atoms with E-state index in [2.05, 4.69) is 6.58 Å². The zero-order chi connectivity index (χ0) is 14.5. The number of hydrogen-bond donors (Lipinski definition) is 1. The highest BCUT2D eigenvalue weighted by atomic mass is 16.4. The van der Waals surface area contributed by atoms with Gasteiger partial charge in [0.15, 0.2) is 0 Å². The standard InChI is InChI=1S/C16H19NO3/c1-2-3-5-10-13-14(16(19)20)17(15(13)18)11-12-8-6-4-7-9-12/h2,4,6-9,13-14H,1,3,5,10-11H2,(H,19,20). The van der Waals surface area contributed by atoms with Crippen molar-refractivity contribution in [2.75, 3.05) is 0 Å². The first-order valence-corrected chi connectivity index (χ1v) is 6.83. The summed E-state index contributed by atoms with van der Waals surface area (Å²) in [6.45, 7) is 4.00. The number of benzene rings is 1. The van der Waals surface area contributed by atoms with Gasteiger partial charge in [-0.2, -0.15) is 0 Å². The minimum atomic E-state index is -0.913. The lowest BCUT2D eigenvalue weighted by Crippen LogP contribution is -2.63. The van der Waals surface area contributed by atoms with E-state index in [0.29, 0.717) is 13.0 Å². The Kier molecular flexibility index (Phi) is 4.56.